The minimum absolute atomic E-state index is 0.141. The van der Waals surface area contributed by atoms with Gasteiger partial charge in [-0.1, -0.05) is 22.0 Å². The zero-order chi connectivity index (χ0) is 11.4. The van der Waals surface area contributed by atoms with Gasteiger partial charge in [-0.2, -0.15) is 0 Å². The van der Waals surface area contributed by atoms with Gasteiger partial charge in [-0.25, -0.2) is 9.78 Å². The van der Waals surface area contributed by atoms with Crippen molar-refractivity contribution in [3.63, 3.8) is 0 Å². The van der Waals surface area contributed by atoms with E-state index in [9.17, 15) is 15.0 Å². The normalized spacial score (nSPS) is 14.6. The Kier molecular flexibility index (Phi) is 4.19. The lowest BCUT2D eigenvalue weighted by molar-refractivity contribution is 0.0312. The fourth-order valence-corrected chi connectivity index (χ4v) is 1.37. The lowest BCUT2D eigenvalue weighted by Gasteiger charge is -2.14. The highest BCUT2D eigenvalue weighted by Crippen LogP contribution is 2.16. The number of aromatic nitrogens is 1. The molecule has 0 spiro atoms. The maximum atomic E-state index is 10.6. The third-order valence-corrected chi connectivity index (χ3v) is 2.48. The van der Waals surface area contributed by atoms with Crippen LogP contribution in [-0.4, -0.2) is 37.7 Å². The second-order valence-electron chi connectivity index (χ2n) is 2.92. The Bertz CT molecular complexity index is 358. The van der Waals surface area contributed by atoms with E-state index in [-0.39, 0.29) is 16.7 Å². The predicted molar refractivity (Wildman–Crippen MR) is 56.0 cm³/mol. The van der Waals surface area contributed by atoms with Crippen LogP contribution in [0, 0.1) is 0 Å². The first-order valence-corrected chi connectivity index (χ1v) is 5.30. The molecule has 0 aliphatic rings. The van der Waals surface area contributed by atoms with Crippen molar-refractivity contribution in [2.24, 2.45) is 0 Å². The quantitative estimate of drug-likeness (QED) is 0.699. The summed E-state index contributed by atoms with van der Waals surface area (Å²) in [6.07, 6.45) is -2.20. The molecule has 1 aromatic heterocycles. The van der Waals surface area contributed by atoms with Gasteiger partial charge in [-0.15, -0.1) is 0 Å². The van der Waals surface area contributed by atoms with Crippen molar-refractivity contribution in [3.05, 3.63) is 29.6 Å². The van der Waals surface area contributed by atoms with Crippen LogP contribution in [0.5, 0.6) is 0 Å². The zero-order valence-electron chi connectivity index (χ0n) is 7.67. The Morgan fingerprint density at radius 1 is 1.47 bits per heavy atom. The van der Waals surface area contributed by atoms with Crippen molar-refractivity contribution in [2.75, 3.05) is 5.33 Å². The van der Waals surface area contributed by atoms with E-state index in [1.165, 1.54) is 18.2 Å². The minimum atomic E-state index is -1.19. The molecule has 5 nitrogen and oxygen atoms in total. The third kappa shape index (κ3) is 2.98. The molecule has 0 aromatic carbocycles. The van der Waals surface area contributed by atoms with Gasteiger partial charge in [-0.3, -0.25) is 0 Å². The SMILES string of the molecule is O=C(O)c1cccc(C(O)C(O)CBr)n1. The summed E-state index contributed by atoms with van der Waals surface area (Å²) >= 11 is 3.01. The second-order valence-corrected chi connectivity index (χ2v) is 3.57. The Labute approximate surface area is 94.5 Å². The lowest BCUT2D eigenvalue weighted by atomic mass is 10.1. The summed E-state index contributed by atoms with van der Waals surface area (Å²) in [5, 5.41) is 27.7. The molecule has 0 bridgehead atoms. The molecule has 0 aliphatic carbocycles. The van der Waals surface area contributed by atoms with E-state index in [1.54, 1.807) is 0 Å². The highest BCUT2D eigenvalue weighted by Gasteiger charge is 2.19. The number of nitrogens with zero attached hydrogens (tertiary/aromatic N) is 1. The molecule has 0 fully saturated rings. The number of halogens is 1. The van der Waals surface area contributed by atoms with Gasteiger partial charge < -0.3 is 15.3 Å². The summed E-state index contributed by atoms with van der Waals surface area (Å²) in [4.78, 5) is 14.3. The van der Waals surface area contributed by atoms with E-state index in [0.717, 1.165) is 0 Å². The number of carboxylic acid groups (broad SMARTS) is 1. The van der Waals surface area contributed by atoms with Gasteiger partial charge in [0.2, 0.25) is 0 Å². The van der Waals surface area contributed by atoms with Crippen molar-refractivity contribution in [3.8, 4) is 0 Å². The number of carbonyl (C=O) groups is 1. The molecule has 3 N–H and O–H groups in total. The zero-order valence-corrected chi connectivity index (χ0v) is 9.25. The smallest absolute Gasteiger partial charge is 0.354 e. The summed E-state index contributed by atoms with van der Waals surface area (Å²) in [6.45, 7) is 0. The molecule has 0 saturated heterocycles. The first-order valence-electron chi connectivity index (χ1n) is 4.18. The number of hydrogen-bond acceptors (Lipinski definition) is 4. The fourth-order valence-electron chi connectivity index (χ4n) is 1.02. The Morgan fingerprint density at radius 2 is 2.13 bits per heavy atom. The van der Waals surface area contributed by atoms with Crippen molar-refractivity contribution in [1.29, 1.82) is 0 Å². The first kappa shape index (κ1) is 12.1. The van der Waals surface area contributed by atoms with Crippen LogP contribution in [0.4, 0.5) is 0 Å². The van der Waals surface area contributed by atoms with Gasteiger partial charge in [0.1, 0.15) is 11.8 Å². The summed E-state index contributed by atoms with van der Waals surface area (Å²) in [7, 11) is 0. The van der Waals surface area contributed by atoms with E-state index in [1.807, 2.05) is 0 Å². The van der Waals surface area contributed by atoms with Crippen LogP contribution in [-0.2, 0) is 0 Å². The summed E-state index contributed by atoms with van der Waals surface area (Å²) in [6, 6.07) is 4.25. The van der Waals surface area contributed by atoms with Gasteiger partial charge in [0, 0.05) is 5.33 Å². The van der Waals surface area contributed by atoms with Crippen molar-refractivity contribution < 1.29 is 20.1 Å². The average Bonchev–Trinajstić information content (AvgIpc) is 2.27. The molecule has 6 heteroatoms. The molecule has 82 valence electrons. The summed E-state index contributed by atoms with van der Waals surface area (Å²) < 4.78 is 0. The van der Waals surface area contributed by atoms with Crippen LogP contribution in [0.1, 0.15) is 22.3 Å². The number of aliphatic hydroxyl groups excluding tert-OH is 2. The standard InChI is InChI=1S/C9H10BrNO4/c10-4-7(12)8(13)5-2-1-3-6(11-5)9(14)15/h1-3,7-8,12-13H,4H2,(H,14,15). The van der Waals surface area contributed by atoms with Gasteiger partial charge in [0.05, 0.1) is 11.8 Å². The highest BCUT2D eigenvalue weighted by atomic mass is 79.9. The lowest BCUT2D eigenvalue weighted by Crippen LogP contribution is -2.21. The molecule has 1 aromatic rings. The average molecular weight is 276 g/mol. The van der Waals surface area contributed by atoms with Crippen LogP contribution in [0.15, 0.2) is 18.2 Å². The molecule has 0 amide bonds. The van der Waals surface area contributed by atoms with E-state index < -0.39 is 18.2 Å². The van der Waals surface area contributed by atoms with E-state index in [0.29, 0.717) is 0 Å². The number of alkyl halides is 1. The van der Waals surface area contributed by atoms with Crippen LogP contribution in [0.2, 0.25) is 0 Å². The summed E-state index contributed by atoms with van der Waals surface area (Å²) in [5.41, 5.74) is -0.0184. The van der Waals surface area contributed by atoms with Crippen LogP contribution in [0.25, 0.3) is 0 Å². The monoisotopic (exact) mass is 275 g/mol. The largest absolute Gasteiger partial charge is 0.477 e. The van der Waals surface area contributed by atoms with Crippen molar-refractivity contribution >= 4 is 21.9 Å². The minimum Gasteiger partial charge on any atom is -0.477 e. The number of aliphatic hydroxyl groups is 2. The van der Waals surface area contributed by atoms with Crippen molar-refractivity contribution in [1.82, 2.24) is 4.98 Å². The highest BCUT2D eigenvalue weighted by molar-refractivity contribution is 9.09. The molecule has 2 unspecified atom stereocenters. The Morgan fingerprint density at radius 3 is 2.67 bits per heavy atom. The number of carboxylic acids is 1. The number of hydrogen-bond donors (Lipinski definition) is 3. The van der Waals surface area contributed by atoms with Crippen LogP contribution >= 0.6 is 15.9 Å². The molecule has 0 radical (unpaired) electrons. The molecule has 0 saturated carbocycles. The second kappa shape index (κ2) is 5.20. The van der Waals surface area contributed by atoms with Gasteiger partial charge in [-0.05, 0) is 12.1 Å². The van der Waals surface area contributed by atoms with Crippen molar-refractivity contribution in [2.45, 2.75) is 12.2 Å². The van der Waals surface area contributed by atoms with E-state index in [4.69, 9.17) is 5.11 Å². The first-order chi connectivity index (χ1) is 7.06. The third-order valence-electron chi connectivity index (χ3n) is 1.82. The number of rotatable bonds is 4. The molecule has 1 heterocycles. The molecular formula is C9H10BrNO4. The van der Waals surface area contributed by atoms with Crippen LogP contribution in [0.3, 0.4) is 0 Å². The topological polar surface area (TPSA) is 90.7 Å². The molecule has 1 rings (SSSR count). The maximum Gasteiger partial charge on any atom is 0.354 e. The Hall–Kier alpha value is -0.980. The van der Waals surface area contributed by atoms with Crippen LogP contribution < -0.4 is 0 Å². The van der Waals surface area contributed by atoms with Gasteiger partial charge >= 0.3 is 5.97 Å². The Balaban J connectivity index is 2.94. The molecule has 0 aliphatic heterocycles. The van der Waals surface area contributed by atoms with E-state index in [2.05, 4.69) is 20.9 Å². The van der Waals surface area contributed by atoms with Gasteiger partial charge in [0.15, 0.2) is 0 Å². The number of pyridine rings is 1. The summed E-state index contributed by atoms with van der Waals surface area (Å²) in [5.74, 6) is -1.17. The van der Waals surface area contributed by atoms with Gasteiger partial charge in [0.25, 0.3) is 0 Å². The molecule has 2 atom stereocenters. The predicted octanol–water partition coefficient (Wildman–Crippen LogP) is 0.569. The van der Waals surface area contributed by atoms with E-state index >= 15 is 0 Å². The maximum absolute atomic E-state index is 10.6. The fraction of sp³-hybridized carbons (Fsp3) is 0.333. The molecule has 15 heavy (non-hydrogen) atoms. The molecular weight excluding hydrogens is 266 g/mol. The number of aromatic carboxylic acids is 1.